The van der Waals surface area contributed by atoms with E-state index in [1.165, 1.54) is 0 Å². The zero-order valence-corrected chi connectivity index (χ0v) is 12.2. The summed E-state index contributed by atoms with van der Waals surface area (Å²) in [7, 11) is -4.18. The average molecular weight is 318 g/mol. The van der Waals surface area contributed by atoms with Crippen molar-refractivity contribution in [1.82, 2.24) is 9.03 Å². The van der Waals surface area contributed by atoms with Gasteiger partial charge >= 0.3 is 6.18 Å². The van der Waals surface area contributed by atoms with Crippen LogP contribution in [0, 0.1) is 0 Å². The van der Waals surface area contributed by atoms with Crippen molar-refractivity contribution in [1.29, 1.82) is 0 Å². The Morgan fingerprint density at radius 1 is 1.35 bits per heavy atom. The maximum absolute atomic E-state index is 12.2. The molecule has 2 atom stereocenters. The van der Waals surface area contributed by atoms with Gasteiger partial charge in [0.15, 0.2) is 0 Å². The molecule has 0 aliphatic carbocycles. The predicted octanol–water partition coefficient (Wildman–Crippen LogP) is 1.40. The molecule has 1 heterocycles. The number of hydrogen-bond donors (Lipinski definition) is 2. The van der Waals surface area contributed by atoms with Crippen LogP contribution in [-0.2, 0) is 10.2 Å². The van der Waals surface area contributed by atoms with E-state index in [4.69, 9.17) is 0 Å². The zero-order chi connectivity index (χ0) is 15.4. The Morgan fingerprint density at radius 2 is 2.00 bits per heavy atom. The summed E-state index contributed by atoms with van der Waals surface area (Å²) in [6.07, 6.45) is -2.24. The summed E-state index contributed by atoms with van der Waals surface area (Å²) >= 11 is 0. The van der Waals surface area contributed by atoms with Crippen molar-refractivity contribution in [2.24, 2.45) is 0 Å². The van der Waals surface area contributed by atoms with Gasteiger partial charge in [0.2, 0.25) is 0 Å². The molecular weight excluding hydrogens is 297 g/mol. The molecule has 0 aromatic rings. The average Bonchev–Trinajstić information content (AvgIpc) is 2.51. The van der Waals surface area contributed by atoms with E-state index in [-0.39, 0.29) is 13.0 Å². The maximum Gasteiger partial charge on any atom is 0.402 e. The number of aliphatic hydroxyl groups excluding tert-OH is 1. The van der Waals surface area contributed by atoms with Crippen LogP contribution in [-0.4, -0.2) is 49.2 Å². The molecule has 20 heavy (non-hydrogen) atoms. The van der Waals surface area contributed by atoms with Crippen LogP contribution in [0.15, 0.2) is 0 Å². The van der Waals surface area contributed by atoms with Gasteiger partial charge in [0, 0.05) is 12.6 Å². The van der Waals surface area contributed by atoms with E-state index in [0.717, 1.165) is 17.1 Å². The third-order valence-corrected chi connectivity index (χ3v) is 4.81. The third kappa shape index (κ3) is 5.94. The number of rotatable bonds is 5. The Hall–Kier alpha value is -0.380. The molecule has 0 aromatic carbocycles. The van der Waals surface area contributed by atoms with E-state index in [2.05, 4.69) is 0 Å². The van der Waals surface area contributed by atoms with Crippen LogP contribution in [0.3, 0.4) is 0 Å². The van der Waals surface area contributed by atoms with Gasteiger partial charge in [0.25, 0.3) is 10.2 Å². The van der Waals surface area contributed by atoms with Crippen LogP contribution >= 0.6 is 0 Å². The topological polar surface area (TPSA) is 69.6 Å². The molecule has 9 heteroatoms. The van der Waals surface area contributed by atoms with Crippen LogP contribution in [0.5, 0.6) is 0 Å². The molecule has 0 amide bonds. The van der Waals surface area contributed by atoms with Gasteiger partial charge in [-0.2, -0.15) is 30.6 Å². The minimum absolute atomic E-state index is 0.185. The van der Waals surface area contributed by atoms with E-state index in [0.29, 0.717) is 12.8 Å². The van der Waals surface area contributed by atoms with Crippen LogP contribution in [0.4, 0.5) is 13.2 Å². The summed E-state index contributed by atoms with van der Waals surface area (Å²) in [5.41, 5.74) is 0. The molecule has 1 saturated heterocycles. The van der Waals surface area contributed by atoms with Crippen molar-refractivity contribution in [3.8, 4) is 0 Å². The van der Waals surface area contributed by atoms with Crippen LogP contribution in [0.1, 0.15) is 39.0 Å². The summed E-state index contributed by atoms with van der Waals surface area (Å²) in [6.45, 7) is 0.149. The van der Waals surface area contributed by atoms with E-state index in [1.807, 2.05) is 0 Å². The largest absolute Gasteiger partial charge is 0.402 e. The first-order valence-electron chi connectivity index (χ1n) is 6.63. The van der Waals surface area contributed by atoms with Gasteiger partial charge in [0.05, 0.1) is 6.10 Å². The molecule has 0 spiro atoms. The highest BCUT2D eigenvalue weighted by atomic mass is 32.2. The van der Waals surface area contributed by atoms with Crippen molar-refractivity contribution in [2.75, 3.05) is 13.1 Å². The molecule has 0 saturated carbocycles. The molecular formula is C11H21F3N2O3S. The monoisotopic (exact) mass is 318 g/mol. The Morgan fingerprint density at radius 3 is 2.55 bits per heavy atom. The van der Waals surface area contributed by atoms with Crippen molar-refractivity contribution >= 4 is 10.2 Å². The van der Waals surface area contributed by atoms with Crippen LogP contribution in [0.25, 0.3) is 0 Å². The van der Waals surface area contributed by atoms with E-state index in [9.17, 15) is 26.7 Å². The third-order valence-electron chi connectivity index (χ3n) is 3.20. The van der Waals surface area contributed by atoms with Gasteiger partial charge in [-0.1, -0.05) is 12.8 Å². The summed E-state index contributed by atoms with van der Waals surface area (Å²) in [4.78, 5) is 0. The van der Waals surface area contributed by atoms with Gasteiger partial charge in [0.1, 0.15) is 6.54 Å². The lowest BCUT2D eigenvalue weighted by Gasteiger charge is -2.30. The molecule has 0 radical (unpaired) electrons. The highest BCUT2D eigenvalue weighted by Gasteiger charge is 2.35. The van der Waals surface area contributed by atoms with Gasteiger partial charge in [-0.05, 0) is 26.2 Å². The van der Waals surface area contributed by atoms with Gasteiger partial charge < -0.3 is 5.11 Å². The van der Waals surface area contributed by atoms with Gasteiger partial charge in [-0.25, -0.2) is 0 Å². The van der Waals surface area contributed by atoms with E-state index in [1.54, 1.807) is 11.6 Å². The summed E-state index contributed by atoms with van der Waals surface area (Å²) in [5.74, 6) is 0. The Bertz CT molecular complexity index is 398. The molecule has 1 fully saturated rings. The van der Waals surface area contributed by atoms with E-state index < -0.39 is 35.1 Å². The number of nitrogens with zero attached hydrogens (tertiary/aromatic N) is 1. The first-order valence-corrected chi connectivity index (χ1v) is 8.07. The molecule has 1 aliphatic heterocycles. The number of halogens is 3. The number of aliphatic hydroxyl groups is 1. The molecule has 0 bridgehead atoms. The Labute approximate surface area is 117 Å². The molecule has 5 nitrogen and oxygen atoms in total. The minimum atomic E-state index is -4.58. The van der Waals surface area contributed by atoms with Crippen molar-refractivity contribution in [3.63, 3.8) is 0 Å². The van der Waals surface area contributed by atoms with Crippen LogP contribution in [0.2, 0.25) is 0 Å². The molecule has 0 aromatic heterocycles. The minimum Gasteiger partial charge on any atom is -0.393 e. The summed E-state index contributed by atoms with van der Waals surface area (Å²) in [6, 6.07) is -0.455. The SMILES string of the molecule is CC(O)CC1CCCCCN1S(=O)(=O)NCC(F)(F)F. The van der Waals surface area contributed by atoms with Crippen molar-refractivity contribution < 1.29 is 26.7 Å². The summed E-state index contributed by atoms with van der Waals surface area (Å²) < 4.78 is 63.1. The number of nitrogens with one attached hydrogen (secondary N) is 1. The van der Waals surface area contributed by atoms with Crippen molar-refractivity contribution in [3.05, 3.63) is 0 Å². The van der Waals surface area contributed by atoms with Crippen LogP contribution < -0.4 is 4.72 Å². The zero-order valence-electron chi connectivity index (χ0n) is 11.4. The molecule has 2 unspecified atom stereocenters. The second-order valence-electron chi connectivity index (χ2n) is 5.14. The fourth-order valence-corrected chi connectivity index (χ4v) is 3.82. The number of hydrogen-bond acceptors (Lipinski definition) is 3. The van der Waals surface area contributed by atoms with Gasteiger partial charge in [-0.15, -0.1) is 0 Å². The molecule has 120 valence electrons. The first-order chi connectivity index (χ1) is 9.12. The standard InChI is InChI=1S/C11H21F3N2O3S/c1-9(17)7-10-5-3-2-4-6-16(10)20(18,19)15-8-11(12,13)14/h9-10,15,17H,2-8H2,1H3. The maximum atomic E-state index is 12.2. The van der Waals surface area contributed by atoms with Crippen molar-refractivity contribution in [2.45, 2.75) is 57.3 Å². The fourth-order valence-electron chi connectivity index (χ4n) is 2.35. The lowest BCUT2D eigenvalue weighted by molar-refractivity contribution is -0.121. The quantitative estimate of drug-likeness (QED) is 0.805. The highest BCUT2D eigenvalue weighted by Crippen LogP contribution is 2.23. The normalized spacial score (nSPS) is 24.4. The molecule has 1 aliphatic rings. The van der Waals surface area contributed by atoms with Gasteiger partial charge in [-0.3, -0.25) is 0 Å². The fraction of sp³-hybridized carbons (Fsp3) is 1.00. The highest BCUT2D eigenvalue weighted by molar-refractivity contribution is 7.87. The summed E-state index contributed by atoms with van der Waals surface area (Å²) in [5, 5.41) is 9.42. The Kier molecular flexibility index (Phi) is 6.24. The molecule has 1 rings (SSSR count). The predicted molar refractivity (Wildman–Crippen MR) is 68.2 cm³/mol. The Balaban J connectivity index is 2.80. The van der Waals surface area contributed by atoms with E-state index >= 15 is 0 Å². The number of alkyl halides is 3. The lowest BCUT2D eigenvalue weighted by atomic mass is 10.1. The second-order valence-corrected chi connectivity index (χ2v) is 6.85. The lowest BCUT2D eigenvalue weighted by Crippen LogP contribution is -2.49. The second kappa shape index (κ2) is 7.06. The molecule has 2 N–H and O–H groups in total. The smallest absolute Gasteiger partial charge is 0.393 e. The first kappa shape index (κ1) is 17.7.